The fourth-order valence-electron chi connectivity index (χ4n) is 2.61. The topological polar surface area (TPSA) is 43.6 Å². The van der Waals surface area contributed by atoms with Crippen LogP contribution in [0.4, 0.5) is 0 Å². The Bertz CT molecular complexity index is 717. The molecule has 23 heavy (non-hydrogen) atoms. The van der Waals surface area contributed by atoms with E-state index in [1.807, 2.05) is 23.0 Å². The minimum absolute atomic E-state index is 0.835. The number of hydrogen-bond donors (Lipinski definition) is 0. The Balaban J connectivity index is 1.67. The Hall–Kier alpha value is -2.49. The van der Waals surface area contributed by atoms with E-state index in [2.05, 4.69) is 46.5 Å². The molecule has 0 bridgehead atoms. The summed E-state index contributed by atoms with van der Waals surface area (Å²) in [5.41, 5.74) is 4.23. The lowest BCUT2D eigenvalue weighted by Crippen LogP contribution is -1.95. The molecule has 1 aromatic carbocycles. The number of unbranched alkanes of at least 4 members (excludes halogenated alkanes) is 3. The van der Waals surface area contributed by atoms with Crippen LogP contribution >= 0.6 is 0 Å². The summed E-state index contributed by atoms with van der Waals surface area (Å²) in [5.74, 6) is 0. The van der Waals surface area contributed by atoms with Crippen LogP contribution in [-0.2, 0) is 6.42 Å². The van der Waals surface area contributed by atoms with Crippen LogP contribution < -0.4 is 0 Å². The molecule has 0 aliphatic heterocycles. The molecule has 0 saturated carbocycles. The van der Waals surface area contributed by atoms with Crippen molar-refractivity contribution < 1.29 is 0 Å². The number of rotatable bonds is 7. The maximum absolute atomic E-state index is 4.23. The summed E-state index contributed by atoms with van der Waals surface area (Å²) in [6.45, 7) is 2.24. The SMILES string of the molecule is CCCCCCc1ccc(-n2cc(-c3cccnc3)nn2)cc1. The van der Waals surface area contributed by atoms with E-state index >= 15 is 0 Å². The number of pyridine rings is 1. The van der Waals surface area contributed by atoms with E-state index in [-0.39, 0.29) is 0 Å². The maximum Gasteiger partial charge on any atom is 0.115 e. The lowest BCUT2D eigenvalue weighted by molar-refractivity contribution is 0.666. The van der Waals surface area contributed by atoms with Gasteiger partial charge in [0.05, 0.1) is 11.9 Å². The highest BCUT2D eigenvalue weighted by atomic mass is 15.4. The van der Waals surface area contributed by atoms with Gasteiger partial charge in [-0.3, -0.25) is 4.98 Å². The standard InChI is InChI=1S/C19H22N4/c1-2-3-4-5-7-16-9-11-18(12-10-16)23-15-19(21-22-23)17-8-6-13-20-14-17/h6,8-15H,2-5,7H2,1H3. The van der Waals surface area contributed by atoms with E-state index in [1.165, 1.54) is 31.2 Å². The van der Waals surface area contributed by atoms with Crippen molar-refractivity contribution in [1.29, 1.82) is 0 Å². The molecule has 0 fully saturated rings. The predicted molar refractivity (Wildman–Crippen MR) is 92.4 cm³/mol. The molecule has 0 unspecified atom stereocenters. The van der Waals surface area contributed by atoms with Crippen molar-refractivity contribution in [2.45, 2.75) is 39.0 Å². The van der Waals surface area contributed by atoms with Gasteiger partial charge < -0.3 is 0 Å². The fourth-order valence-corrected chi connectivity index (χ4v) is 2.61. The highest BCUT2D eigenvalue weighted by Gasteiger charge is 2.05. The molecule has 0 radical (unpaired) electrons. The van der Waals surface area contributed by atoms with Gasteiger partial charge in [0.15, 0.2) is 0 Å². The van der Waals surface area contributed by atoms with Crippen LogP contribution in [0, 0.1) is 0 Å². The third-order valence-corrected chi connectivity index (χ3v) is 3.97. The van der Waals surface area contributed by atoms with Crippen molar-refractivity contribution in [3.05, 3.63) is 60.6 Å². The van der Waals surface area contributed by atoms with Crippen LogP contribution in [0.3, 0.4) is 0 Å². The van der Waals surface area contributed by atoms with E-state index in [0.29, 0.717) is 0 Å². The van der Waals surface area contributed by atoms with Gasteiger partial charge in [0, 0.05) is 18.0 Å². The van der Waals surface area contributed by atoms with E-state index in [0.717, 1.165) is 23.4 Å². The molecular weight excluding hydrogens is 284 g/mol. The minimum Gasteiger partial charge on any atom is -0.264 e. The van der Waals surface area contributed by atoms with Crippen LogP contribution in [0.1, 0.15) is 38.2 Å². The zero-order chi connectivity index (χ0) is 15.9. The van der Waals surface area contributed by atoms with Crippen molar-refractivity contribution >= 4 is 0 Å². The van der Waals surface area contributed by atoms with Gasteiger partial charge in [-0.25, -0.2) is 4.68 Å². The summed E-state index contributed by atoms with van der Waals surface area (Å²) in [7, 11) is 0. The number of aryl methyl sites for hydroxylation is 1. The van der Waals surface area contributed by atoms with Gasteiger partial charge in [0.1, 0.15) is 5.69 Å². The second-order valence-electron chi connectivity index (χ2n) is 5.77. The van der Waals surface area contributed by atoms with Crippen molar-refractivity contribution in [3.63, 3.8) is 0 Å². The number of benzene rings is 1. The number of hydrogen-bond acceptors (Lipinski definition) is 3. The van der Waals surface area contributed by atoms with Gasteiger partial charge in [-0.05, 0) is 42.7 Å². The minimum atomic E-state index is 0.835. The summed E-state index contributed by atoms with van der Waals surface area (Å²) in [6, 6.07) is 12.5. The molecular formula is C19H22N4. The molecule has 2 aromatic heterocycles. The Morgan fingerprint density at radius 3 is 2.61 bits per heavy atom. The summed E-state index contributed by atoms with van der Waals surface area (Å²) < 4.78 is 1.81. The second kappa shape index (κ2) is 7.68. The summed E-state index contributed by atoms with van der Waals surface area (Å²) in [4.78, 5) is 4.12. The summed E-state index contributed by atoms with van der Waals surface area (Å²) >= 11 is 0. The average Bonchev–Trinajstić information content (AvgIpc) is 3.10. The van der Waals surface area contributed by atoms with Crippen molar-refractivity contribution in [2.24, 2.45) is 0 Å². The maximum atomic E-state index is 4.23. The van der Waals surface area contributed by atoms with Gasteiger partial charge >= 0.3 is 0 Å². The molecule has 3 aromatic rings. The highest BCUT2D eigenvalue weighted by molar-refractivity contribution is 5.56. The third-order valence-electron chi connectivity index (χ3n) is 3.97. The molecule has 3 rings (SSSR count). The fraction of sp³-hybridized carbons (Fsp3) is 0.316. The Morgan fingerprint density at radius 2 is 1.87 bits per heavy atom. The predicted octanol–water partition coefficient (Wildman–Crippen LogP) is 4.45. The molecule has 0 aliphatic carbocycles. The smallest absolute Gasteiger partial charge is 0.115 e. The Labute approximate surface area is 137 Å². The van der Waals surface area contributed by atoms with Crippen LogP contribution in [0.25, 0.3) is 16.9 Å². The van der Waals surface area contributed by atoms with Crippen LogP contribution in [0.5, 0.6) is 0 Å². The first-order chi connectivity index (χ1) is 11.4. The zero-order valence-electron chi connectivity index (χ0n) is 13.5. The Kier molecular flexibility index (Phi) is 5.14. The molecule has 0 spiro atoms. The second-order valence-corrected chi connectivity index (χ2v) is 5.77. The quantitative estimate of drug-likeness (QED) is 0.606. The molecule has 0 N–H and O–H groups in total. The zero-order valence-corrected chi connectivity index (χ0v) is 13.5. The van der Waals surface area contributed by atoms with Crippen molar-refractivity contribution in [1.82, 2.24) is 20.0 Å². The third kappa shape index (κ3) is 4.03. The lowest BCUT2D eigenvalue weighted by atomic mass is 10.1. The molecule has 2 heterocycles. The van der Waals surface area contributed by atoms with E-state index in [9.17, 15) is 0 Å². The molecule has 0 amide bonds. The largest absolute Gasteiger partial charge is 0.264 e. The molecule has 118 valence electrons. The Morgan fingerprint density at radius 1 is 1.00 bits per heavy atom. The van der Waals surface area contributed by atoms with E-state index in [4.69, 9.17) is 0 Å². The summed E-state index contributed by atoms with van der Waals surface area (Å²) in [5, 5.41) is 8.45. The van der Waals surface area contributed by atoms with Crippen LogP contribution in [0.15, 0.2) is 55.0 Å². The number of aromatic nitrogens is 4. The molecule has 0 atom stereocenters. The average molecular weight is 306 g/mol. The monoisotopic (exact) mass is 306 g/mol. The van der Waals surface area contributed by atoms with Gasteiger partial charge in [0.25, 0.3) is 0 Å². The molecule has 0 aliphatic rings. The van der Waals surface area contributed by atoms with Gasteiger partial charge in [-0.2, -0.15) is 0 Å². The van der Waals surface area contributed by atoms with Crippen LogP contribution in [0.2, 0.25) is 0 Å². The summed E-state index contributed by atoms with van der Waals surface area (Å²) in [6.07, 6.45) is 11.8. The lowest BCUT2D eigenvalue weighted by Gasteiger charge is -2.04. The first-order valence-corrected chi connectivity index (χ1v) is 8.29. The first-order valence-electron chi connectivity index (χ1n) is 8.29. The molecule has 4 heteroatoms. The van der Waals surface area contributed by atoms with Crippen molar-refractivity contribution in [2.75, 3.05) is 0 Å². The number of nitrogens with zero attached hydrogens (tertiary/aromatic N) is 4. The van der Waals surface area contributed by atoms with Crippen molar-refractivity contribution in [3.8, 4) is 16.9 Å². The van der Waals surface area contributed by atoms with Gasteiger partial charge in [0.2, 0.25) is 0 Å². The van der Waals surface area contributed by atoms with Crippen LogP contribution in [-0.4, -0.2) is 20.0 Å². The molecule has 4 nitrogen and oxygen atoms in total. The van der Waals surface area contributed by atoms with E-state index in [1.54, 1.807) is 12.4 Å². The first kappa shape index (κ1) is 15.4. The highest BCUT2D eigenvalue weighted by Crippen LogP contribution is 2.17. The van der Waals surface area contributed by atoms with E-state index < -0.39 is 0 Å². The van der Waals surface area contributed by atoms with Gasteiger partial charge in [-0.15, -0.1) is 5.10 Å². The molecule has 0 saturated heterocycles. The normalized spacial score (nSPS) is 10.8. The van der Waals surface area contributed by atoms with Gasteiger partial charge in [-0.1, -0.05) is 43.5 Å².